The maximum Gasteiger partial charge on any atom is 0.416 e. The molecule has 1 unspecified atom stereocenters. The summed E-state index contributed by atoms with van der Waals surface area (Å²) < 4.78 is 69.6. The van der Waals surface area contributed by atoms with Crippen LogP contribution in [0.3, 0.4) is 0 Å². The fourth-order valence-corrected chi connectivity index (χ4v) is 6.17. The number of hydrogen-bond acceptors (Lipinski definition) is 5. The molecule has 0 bridgehead atoms. The topological polar surface area (TPSA) is 89.7 Å². The predicted molar refractivity (Wildman–Crippen MR) is 153 cm³/mol. The van der Waals surface area contributed by atoms with Crippen LogP contribution in [-0.4, -0.2) is 45.9 Å². The van der Waals surface area contributed by atoms with E-state index < -0.39 is 27.5 Å². The highest BCUT2D eigenvalue weighted by Gasteiger charge is 2.35. The normalized spacial score (nSPS) is 17.6. The number of carbonyl (C=O) groups is 1. The Hall–Kier alpha value is -3.37. The van der Waals surface area contributed by atoms with Crippen molar-refractivity contribution in [3.63, 3.8) is 0 Å². The summed E-state index contributed by atoms with van der Waals surface area (Å²) in [5.41, 5.74) is 8.60. The minimum Gasteiger partial charge on any atom is -0.379 e. The van der Waals surface area contributed by atoms with E-state index in [-0.39, 0.29) is 22.6 Å². The molecule has 0 aromatic heterocycles. The molecule has 0 saturated carbocycles. The summed E-state index contributed by atoms with van der Waals surface area (Å²) in [5, 5.41) is 0. The van der Waals surface area contributed by atoms with Crippen LogP contribution in [0.5, 0.6) is 0 Å². The monoisotopic (exact) mass is 588 g/mol. The summed E-state index contributed by atoms with van der Waals surface area (Å²) in [6.07, 6.45) is -2.45. The van der Waals surface area contributed by atoms with Crippen molar-refractivity contribution in [1.29, 1.82) is 0 Å². The zero-order chi connectivity index (χ0) is 29.8. The number of primary amides is 1. The van der Waals surface area contributed by atoms with Crippen LogP contribution in [0.15, 0.2) is 71.6 Å². The van der Waals surface area contributed by atoms with Gasteiger partial charge in [0.2, 0.25) is 5.91 Å². The molecule has 10 heteroatoms. The van der Waals surface area contributed by atoms with Gasteiger partial charge in [-0.15, -0.1) is 0 Å². The zero-order valence-corrected chi connectivity index (χ0v) is 24.0. The molecule has 2 atom stereocenters. The van der Waals surface area contributed by atoms with Crippen molar-refractivity contribution in [1.82, 2.24) is 0 Å². The lowest BCUT2D eigenvalue weighted by atomic mass is 9.95. The summed E-state index contributed by atoms with van der Waals surface area (Å²) in [6, 6.07) is 17.4. The number of nitrogens with zero attached hydrogens (tertiary/aromatic N) is 1. The largest absolute Gasteiger partial charge is 0.416 e. The molecule has 220 valence electrons. The first kappa shape index (κ1) is 30.6. The lowest BCUT2D eigenvalue weighted by Gasteiger charge is -2.27. The first-order valence-corrected chi connectivity index (χ1v) is 15.3. The number of anilines is 1. The van der Waals surface area contributed by atoms with Gasteiger partial charge < -0.3 is 15.4 Å². The standard InChI is InChI=1S/C31H35F3N2O4S/c1-3-15-40-20-27-18-24(22-7-9-25(10-8-22)31(32,33)34)19-36(27)26-11-14-29(30(35)37)23(17-26)16-21-5-12-28(13-6-21)41(38,39)4-2/h5-14,17,24,27H,3-4,15-16,18-20H2,1-2H3,(H2,35,37)/t24?,27-/m0/s1. The van der Waals surface area contributed by atoms with Crippen LogP contribution >= 0.6 is 0 Å². The van der Waals surface area contributed by atoms with Crippen molar-refractivity contribution < 1.29 is 31.1 Å². The van der Waals surface area contributed by atoms with E-state index in [1.807, 2.05) is 19.1 Å². The number of rotatable bonds is 11. The van der Waals surface area contributed by atoms with Gasteiger partial charge in [0.15, 0.2) is 9.84 Å². The van der Waals surface area contributed by atoms with E-state index in [0.717, 1.165) is 35.4 Å². The summed E-state index contributed by atoms with van der Waals surface area (Å²) in [5.74, 6) is -0.560. The van der Waals surface area contributed by atoms with Gasteiger partial charge in [0.05, 0.1) is 28.9 Å². The quantitative estimate of drug-likeness (QED) is 0.279. The van der Waals surface area contributed by atoms with Crippen molar-refractivity contribution in [2.45, 2.75) is 56.1 Å². The molecule has 3 aromatic rings. The molecule has 0 spiro atoms. The molecule has 0 radical (unpaired) electrons. The van der Waals surface area contributed by atoms with Gasteiger partial charge in [-0.2, -0.15) is 13.2 Å². The summed E-state index contributed by atoms with van der Waals surface area (Å²) in [7, 11) is -3.33. The molecular formula is C31H35F3N2O4S. The Bertz CT molecular complexity index is 1460. The molecule has 1 aliphatic rings. The van der Waals surface area contributed by atoms with Crippen LogP contribution in [0.25, 0.3) is 0 Å². The van der Waals surface area contributed by atoms with Crippen LogP contribution < -0.4 is 10.6 Å². The first-order valence-electron chi connectivity index (χ1n) is 13.7. The van der Waals surface area contributed by atoms with Crippen LogP contribution in [-0.2, 0) is 27.2 Å². The molecule has 1 aliphatic heterocycles. The number of hydrogen-bond donors (Lipinski definition) is 1. The van der Waals surface area contributed by atoms with Gasteiger partial charge >= 0.3 is 6.18 Å². The highest BCUT2D eigenvalue weighted by atomic mass is 32.2. The van der Waals surface area contributed by atoms with Crippen LogP contribution in [0, 0.1) is 0 Å². The highest BCUT2D eigenvalue weighted by molar-refractivity contribution is 7.91. The van der Waals surface area contributed by atoms with E-state index in [4.69, 9.17) is 10.5 Å². The van der Waals surface area contributed by atoms with E-state index in [1.165, 1.54) is 0 Å². The molecule has 0 aliphatic carbocycles. The average Bonchev–Trinajstić information content (AvgIpc) is 3.37. The first-order chi connectivity index (χ1) is 19.4. The third-order valence-corrected chi connectivity index (χ3v) is 9.28. The van der Waals surface area contributed by atoms with Gasteiger partial charge in [0, 0.05) is 30.3 Å². The minimum absolute atomic E-state index is 0.000152. The van der Waals surface area contributed by atoms with Gasteiger partial charge in [-0.25, -0.2) is 8.42 Å². The van der Waals surface area contributed by atoms with Gasteiger partial charge in [-0.3, -0.25) is 4.79 Å². The van der Waals surface area contributed by atoms with Gasteiger partial charge in [-0.1, -0.05) is 38.1 Å². The molecule has 4 rings (SSSR count). The lowest BCUT2D eigenvalue weighted by molar-refractivity contribution is -0.137. The molecule has 3 aromatic carbocycles. The van der Waals surface area contributed by atoms with Crippen molar-refractivity contribution in [2.75, 3.05) is 30.4 Å². The molecule has 1 amide bonds. The Kier molecular flexibility index (Phi) is 9.44. The summed E-state index contributed by atoms with van der Waals surface area (Å²) in [4.78, 5) is 14.7. The van der Waals surface area contributed by atoms with E-state index in [0.29, 0.717) is 43.7 Å². The fourth-order valence-electron chi connectivity index (χ4n) is 5.29. The fraction of sp³-hybridized carbons (Fsp3) is 0.387. The number of nitrogens with two attached hydrogens (primary N) is 1. The molecule has 1 heterocycles. The van der Waals surface area contributed by atoms with Gasteiger partial charge in [0.1, 0.15) is 0 Å². The number of ether oxygens (including phenoxy) is 1. The zero-order valence-electron chi connectivity index (χ0n) is 23.2. The Morgan fingerprint density at radius 3 is 2.29 bits per heavy atom. The second kappa shape index (κ2) is 12.7. The molecule has 2 N–H and O–H groups in total. The van der Waals surface area contributed by atoms with E-state index in [2.05, 4.69) is 4.90 Å². The Morgan fingerprint density at radius 2 is 1.71 bits per heavy atom. The Balaban J connectivity index is 1.63. The number of sulfone groups is 1. The predicted octanol–water partition coefficient (Wildman–Crippen LogP) is 5.98. The molecular weight excluding hydrogens is 553 g/mol. The van der Waals surface area contributed by atoms with Crippen LogP contribution in [0.1, 0.15) is 65.2 Å². The second-order valence-electron chi connectivity index (χ2n) is 10.4. The highest BCUT2D eigenvalue weighted by Crippen LogP contribution is 2.38. The second-order valence-corrected chi connectivity index (χ2v) is 12.6. The Labute approximate surface area is 239 Å². The number of halogens is 3. The van der Waals surface area contributed by atoms with Crippen LogP contribution in [0.4, 0.5) is 18.9 Å². The lowest BCUT2D eigenvalue weighted by Crippen LogP contribution is -2.33. The third kappa shape index (κ3) is 7.29. The van der Waals surface area contributed by atoms with E-state index in [9.17, 15) is 26.4 Å². The maximum atomic E-state index is 13.1. The minimum atomic E-state index is -4.39. The maximum absolute atomic E-state index is 13.1. The van der Waals surface area contributed by atoms with Crippen molar-refractivity contribution >= 4 is 21.4 Å². The third-order valence-electron chi connectivity index (χ3n) is 7.53. The SMILES string of the molecule is CCCOC[C@@H]1CC(c2ccc(C(F)(F)F)cc2)CN1c1ccc(C(N)=O)c(Cc2ccc(S(=O)(=O)CC)cc2)c1. The number of carbonyl (C=O) groups excluding carboxylic acids is 1. The smallest absolute Gasteiger partial charge is 0.379 e. The molecule has 41 heavy (non-hydrogen) atoms. The van der Waals surface area contributed by atoms with Crippen molar-refractivity contribution in [2.24, 2.45) is 5.73 Å². The van der Waals surface area contributed by atoms with Gasteiger partial charge in [-0.05, 0) is 78.4 Å². The number of amides is 1. The van der Waals surface area contributed by atoms with Crippen LogP contribution in [0.2, 0.25) is 0 Å². The molecule has 1 saturated heterocycles. The average molecular weight is 589 g/mol. The number of benzene rings is 3. The summed E-state index contributed by atoms with van der Waals surface area (Å²) in [6.45, 7) is 5.26. The number of alkyl halides is 3. The van der Waals surface area contributed by atoms with Crippen molar-refractivity contribution in [3.05, 3.63) is 94.5 Å². The molecule has 1 fully saturated rings. The van der Waals surface area contributed by atoms with E-state index in [1.54, 1.807) is 49.4 Å². The summed E-state index contributed by atoms with van der Waals surface area (Å²) >= 11 is 0. The Morgan fingerprint density at radius 1 is 1.02 bits per heavy atom. The van der Waals surface area contributed by atoms with E-state index >= 15 is 0 Å². The van der Waals surface area contributed by atoms with Gasteiger partial charge in [0.25, 0.3) is 0 Å². The molecule has 6 nitrogen and oxygen atoms in total. The van der Waals surface area contributed by atoms with Crippen molar-refractivity contribution in [3.8, 4) is 0 Å².